The summed E-state index contributed by atoms with van der Waals surface area (Å²) in [7, 11) is 0. The van der Waals surface area contributed by atoms with Gasteiger partial charge in [0.2, 0.25) is 0 Å². The van der Waals surface area contributed by atoms with Crippen LogP contribution in [0.5, 0.6) is 11.5 Å². The van der Waals surface area contributed by atoms with Gasteiger partial charge in [-0.15, -0.1) is 0 Å². The van der Waals surface area contributed by atoms with Crippen molar-refractivity contribution in [3.63, 3.8) is 0 Å². The number of hydrogen-bond acceptors (Lipinski definition) is 4. The summed E-state index contributed by atoms with van der Waals surface area (Å²) in [6, 6.07) is 15.7. The van der Waals surface area contributed by atoms with Crippen LogP contribution in [-0.4, -0.2) is 49.3 Å². The Kier molecular flexibility index (Phi) is 5.03. The summed E-state index contributed by atoms with van der Waals surface area (Å²) in [4.78, 5) is 4.65. The molecule has 1 saturated heterocycles. The van der Waals surface area contributed by atoms with Crippen molar-refractivity contribution >= 4 is 5.69 Å². The van der Waals surface area contributed by atoms with E-state index in [0.29, 0.717) is 12.4 Å². The summed E-state index contributed by atoms with van der Waals surface area (Å²) in [5, 5.41) is 9.94. The Bertz CT molecular complexity index is 637. The second-order valence-electron chi connectivity index (χ2n) is 5.98. The average molecular weight is 312 g/mol. The van der Waals surface area contributed by atoms with Gasteiger partial charge in [0.05, 0.1) is 5.69 Å². The number of piperazine rings is 1. The molecule has 0 spiro atoms. The first-order valence-corrected chi connectivity index (χ1v) is 8.17. The van der Waals surface area contributed by atoms with Crippen LogP contribution in [0.25, 0.3) is 0 Å². The number of nitrogens with zero attached hydrogens (tertiary/aromatic N) is 2. The third-order valence-electron chi connectivity index (χ3n) is 4.26. The normalized spacial score (nSPS) is 15.6. The van der Waals surface area contributed by atoms with E-state index in [-0.39, 0.29) is 0 Å². The zero-order valence-electron chi connectivity index (χ0n) is 13.6. The molecule has 0 saturated carbocycles. The van der Waals surface area contributed by atoms with E-state index >= 15 is 0 Å². The van der Waals surface area contributed by atoms with E-state index in [1.165, 1.54) is 5.56 Å². The van der Waals surface area contributed by atoms with Gasteiger partial charge in [0.1, 0.15) is 18.1 Å². The number of aryl methyl sites for hydroxylation is 1. The van der Waals surface area contributed by atoms with Crippen LogP contribution in [0.1, 0.15) is 5.56 Å². The maximum Gasteiger partial charge on any atom is 0.138 e. The summed E-state index contributed by atoms with van der Waals surface area (Å²) in [5.41, 5.74) is 2.15. The molecule has 1 aliphatic heterocycles. The average Bonchev–Trinajstić information content (AvgIpc) is 2.56. The zero-order chi connectivity index (χ0) is 16.1. The second-order valence-corrected chi connectivity index (χ2v) is 5.98. The highest BCUT2D eigenvalue weighted by Crippen LogP contribution is 2.27. The molecule has 2 aromatic carbocycles. The number of para-hydroxylation sites is 2. The molecule has 0 radical (unpaired) electrons. The molecule has 1 N–H and O–H groups in total. The Labute approximate surface area is 137 Å². The van der Waals surface area contributed by atoms with Crippen LogP contribution in [0.15, 0.2) is 48.5 Å². The first kappa shape index (κ1) is 15.7. The van der Waals surface area contributed by atoms with Crippen molar-refractivity contribution in [2.75, 3.05) is 44.2 Å². The first-order chi connectivity index (χ1) is 11.2. The maximum atomic E-state index is 9.94. The summed E-state index contributed by atoms with van der Waals surface area (Å²) in [6.45, 7) is 7.56. The molecular formula is C19H24N2O2. The molecule has 3 rings (SSSR count). The third-order valence-corrected chi connectivity index (χ3v) is 4.26. The minimum absolute atomic E-state index is 0.365. The molecular weight excluding hydrogens is 288 g/mol. The topological polar surface area (TPSA) is 35.9 Å². The van der Waals surface area contributed by atoms with E-state index in [9.17, 15) is 5.11 Å². The number of ether oxygens (including phenoxy) is 1. The van der Waals surface area contributed by atoms with Crippen molar-refractivity contribution < 1.29 is 9.84 Å². The lowest BCUT2D eigenvalue weighted by atomic mass is 10.2. The number of benzene rings is 2. The van der Waals surface area contributed by atoms with Gasteiger partial charge in [-0.2, -0.15) is 0 Å². The van der Waals surface area contributed by atoms with Gasteiger partial charge in [-0.25, -0.2) is 0 Å². The number of hydrogen-bond donors (Lipinski definition) is 1. The van der Waals surface area contributed by atoms with Crippen LogP contribution in [0.4, 0.5) is 5.69 Å². The van der Waals surface area contributed by atoms with E-state index in [1.807, 2.05) is 30.3 Å². The second kappa shape index (κ2) is 7.38. The number of aromatic hydroxyl groups is 1. The SMILES string of the molecule is Cc1cccc(OCCN2CCN(c3ccccc3O)CC2)c1. The predicted octanol–water partition coefficient (Wildman–Crippen LogP) is 2.90. The number of rotatable bonds is 5. The van der Waals surface area contributed by atoms with Crippen LogP contribution in [0.3, 0.4) is 0 Å². The summed E-state index contributed by atoms with van der Waals surface area (Å²) >= 11 is 0. The number of anilines is 1. The van der Waals surface area contributed by atoms with Crippen molar-refractivity contribution in [2.45, 2.75) is 6.92 Å². The standard InChI is InChI=1S/C19H24N2O2/c1-16-5-4-6-17(15-16)23-14-13-20-9-11-21(12-10-20)18-7-2-3-8-19(18)22/h2-8,15,22H,9-14H2,1H3. The number of phenols is 1. The molecule has 0 aromatic heterocycles. The van der Waals surface area contributed by atoms with E-state index in [2.05, 4.69) is 28.9 Å². The van der Waals surface area contributed by atoms with E-state index < -0.39 is 0 Å². The smallest absolute Gasteiger partial charge is 0.138 e. The quantitative estimate of drug-likeness (QED) is 0.921. The van der Waals surface area contributed by atoms with Crippen LogP contribution >= 0.6 is 0 Å². The van der Waals surface area contributed by atoms with Crippen LogP contribution in [0, 0.1) is 6.92 Å². The monoisotopic (exact) mass is 312 g/mol. The van der Waals surface area contributed by atoms with Crippen molar-refractivity contribution in [2.24, 2.45) is 0 Å². The molecule has 0 unspecified atom stereocenters. The Morgan fingerprint density at radius 1 is 1.00 bits per heavy atom. The van der Waals surface area contributed by atoms with Gasteiger partial charge in [-0.05, 0) is 36.8 Å². The Hall–Kier alpha value is -2.20. The van der Waals surface area contributed by atoms with Gasteiger partial charge in [0, 0.05) is 32.7 Å². The lowest BCUT2D eigenvalue weighted by Gasteiger charge is -2.36. The van der Waals surface area contributed by atoms with Gasteiger partial charge in [0.25, 0.3) is 0 Å². The molecule has 1 aliphatic rings. The Balaban J connectivity index is 1.44. The summed E-state index contributed by atoms with van der Waals surface area (Å²) in [5.74, 6) is 1.31. The van der Waals surface area contributed by atoms with Gasteiger partial charge < -0.3 is 14.7 Å². The van der Waals surface area contributed by atoms with Gasteiger partial charge in [-0.3, -0.25) is 4.90 Å². The molecule has 1 fully saturated rings. The molecule has 1 heterocycles. The minimum atomic E-state index is 0.365. The van der Waals surface area contributed by atoms with Crippen molar-refractivity contribution in [1.82, 2.24) is 4.90 Å². The van der Waals surface area contributed by atoms with Crippen molar-refractivity contribution in [3.05, 3.63) is 54.1 Å². The third kappa shape index (κ3) is 4.17. The highest BCUT2D eigenvalue weighted by molar-refractivity contribution is 5.57. The maximum absolute atomic E-state index is 9.94. The lowest BCUT2D eigenvalue weighted by Crippen LogP contribution is -2.47. The molecule has 0 bridgehead atoms. The zero-order valence-corrected chi connectivity index (χ0v) is 13.6. The Morgan fingerprint density at radius 2 is 1.78 bits per heavy atom. The fourth-order valence-corrected chi connectivity index (χ4v) is 2.94. The first-order valence-electron chi connectivity index (χ1n) is 8.17. The molecule has 0 amide bonds. The van der Waals surface area contributed by atoms with E-state index in [4.69, 9.17) is 4.74 Å². The molecule has 23 heavy (non-hydrogen) atoms. The van der Waals surface area contributed by atoms with Crippen molar-refractivity contribution in [1.29, 1.82) is 0 Å². The number of phenolic OH excluding ortho intramolecular Hbond substituents is 1. The molecule has 4 nitrogen and oxygen atoms in total. The highest BCUT2D eigenvalue weighted by atomic mass is 16.5. The van der Waals surface area contributed by atoms with E-state index in [1.54, 1.807) is 6.07 Å². The van der Waals surface area contributed by atoms with Crippen LogP contribution in [0.2, 0.25) is 0 Å². The van der Waals surface area contributed by atoms with Crippen LogP contribution in [-0.2, 0) is 0 Å². The van der Waals surface area contributed by atoms with Crippen molar-refractivity contribution in [3.8, 4) is 11.5 Å². The molecule has 0 aliphatic carbocycles. The molecule has 2 aromatic rings. The Morgan fingerprint density at radius 3 is 2.52 bits per heavy atom. The van der Waals surface area contributed by atoms with E-state index in [0.717, 1.165) is 44.2 Å². The lowest BCUT2D eigenvalue weighted by molar-refractivity contribution is 0.200. The highest BCUT2D eigenvalue weighted by Gasteiger charge is 2.18. The summed E-state index contributed by atoms with van der Waals surface area (Å²) in [6.07, 6.45) is 0. The van der Waals surface area contributed by atoms with Gasteiger partial charge in [0.15, 0.2) is 0 Å². The molecule has 0 atom stereocenters. The molecule has 4 heteroatoms. The predicted molar refractivity (Wildman–Crippen MR) is 93.4 cm³/mol. The fourth-order valence-electron chi connectivity index (χ4n) is 2.94. The minimum Gasteiger partial charge on any atom is -0.506 e. The van der Waals surface area contributed by atoms with Gasteiger partial charge >= 0.3 is 0 Å². The summed E-state index contributed by atoms with van der Waals surface area (Å²) < 4.78 is 5.82. The molecule has 122 valence electrons. The fraction of sp³-hybridized carbons (Fsp3) is 0.368. The van der Waals surface area contributed by atoms with Gasteiger partial charge in [-0.1, -0.05) is 24.3 Å². The van der Waals surface area contributed by atoms with Crippen LogP contribution < -0.4 is 9.64 Å². The largest absolute Gasteiger partial charge is 0.506 e.